The van der Waals surface area contributed by atoms with Crippen molar-refractivity contribution in [1.29, 1.82) is 0 Å². The lowest BCUT2D eigenvalue weighted by Gasteiger charge is -2.24. The highest BCUT2D eigenvalue weighted by atomic mass is 16.5. The highest BCUT2D eigenvalue weighted by molar-refractivity contribution is 6.10. The number of methoxy groups -OCH3 is 3. The smallest absolute Gasteiger partial charge is 0.340 e. The Balaban J connectivity index is 2.92. The Kier molecular flexibility index (Phi) is 3.83. The summed E-state index contributed by atoms with van der Waals surface area (Å²) in [6.45, 7) is 0. The summed E-state index contributed by atoms with van der Waals surface area (Å²) in [6.07, 6.45) is 1.56. The van der Waals surface area contributed by atoms with Gasteiger partial charge in [0.15, 0.2) is 17.3 Å². The Morgan fingerprint density at radius 3 is 2.10 bits per heavy atom. The molecule has 108 valence electrons. The number of ketones is 1. The first-order valence-corrected chi connectivity index (χ1v) is 6.18. The van der Waals surface area contributed by atoms with Crippen LogP contribution in [0.2, 0.25) is 0 Å². The largest absolute Gasteiger partial charge is 0.492 e. The summed E-state index contributed by atoms with van der Waals surface area (Å²) in [5.41, 5.74) is 0.613. The Hall–Kier alpha value is -2.24. The summed E-state index contributed by atoms with van der Waals surface area (Å²) in [5, 5.41) is 9.43. The van der Waals surface area contributed by atoms with Crippen molar-refractivity contribution >= 4 is 11.8 Å². The molecular weight excluding hydrogens is 264 g/mol. The van der Waals surface area contributed by atoms with Gasteiger partial charge in [0.05, 0.1) is 21.3 Å². The van der Waals surface area contributed by atoms with Gasteiger partial charge in [-0.2, -0.15) is 0 Å². The van der Waals surface area contributed by atoms with Crippen LogP contribution in [0.4, 0.5) is 0 Å². The van der Waals surface area contributed by atoms with Crippen LogP contribution in [0.1, 0.15) is 39.1 Å². The number of hydrogen-bond donors (Lipinski definition) is 1. The van der Waals surface area contributed by atoms with E-state index in [1.165, 1.54) is 21.3 Å². The normalized spacial score (nSPS) is 13.7. The molecule has 1 aromatic carbocycles. The first-order valence-electron chi connectivity index (χ1n) is 6.18. The summed E-state index contributed by atoms with van der Waals surface area (Å²) >= 11 is 0. The summed E-state index contributed by atoms with van der Waals surface area (Å²) in [7, 11) is 4.20. The van der Waals surface area contributed by atoms with Crippen LogP contribution in [-0.4, -0.2) is 38.2 Å². The first kappa shape index (κ1) is 14.2. The number of hydrogen-bond acceptors (Lipinski definition) is 5. The van der Waals surface area contributed by atoms with Gasteiger partial charge in [-0.05, 0) is 12.8 Å². The van der Waals surface area contributed by atoms with Gasteiger partial charge in [0.2, 0.25) is 5.75 Å². The quantitative estimate of drug-likeness (QED) is 0.907. The van der Waals surface area contributed by atoms with Gasteiger partial charge in [-0.25, -0.2) is 4.79 Å². The molecule has 0 saturated heterocycles. The lowest BCUT2D eigenvalue weighted by atomic mass is 9.85. The molecule has 1 aliphatic rings. The van der Waals surface area contributed by atoms with Crippen molar-refractivity contribution in [2.24, 2.45) is 0 Å². The fourth-order valence-electron chi connectivity index (χ4n) is 2.63. The van der Waals surface area contributed by atoms with Crippen molar-refractivity contribution in [3.63, 3.8) is 0 Å². The molecule has 0 amide bonds. The molecule has 0 saturated carbocycles. The van der Waals surface area contributed by atoms with Crippen molar-refractivity contribution in [3.05, 3.63) is 16.7 Å². The Bertz CT molecular complexity index is 553. The molecule has 0 spiro atoms. The van der Waals surface area contributed by atoms with Crippen LogP contribution in [0.15, 0.2) is 0 Å². The highest BCUT2D eigenvalue weighted by Gasteiger charge is 2.34. The first-order chi connectivity index (χ1) is 9.56. The van der Waals surface area contributed by atoms with E-state index in [1.54, 1.807) is 0 Å². The van der Waals surface area contributed by atoms with E-state index < -0.39 is 5.97 Å². The van der Waals surface area contributed by atoms with Crippen LogP contribution < -0.4 is 14.2 Å². The van der Waals surface area contributed by atoms with E-state index in [4.69, 9.17) is 14.2 Å². The summed E-state index contributed by atoms with van der Waals surface area (Å²) < 4.78 is 15.7. The SMILES string of the molecule is COc1c2c(c(C(=O)O)c(OC)c1OC)C(=O)CCC2. The van der Waals surface area contributed by atoms with Crippen molar-refractivity contribution in [1.82, 2.24) is 0 Å². The second-order valence-electron chi connectivity index (χ2n) is 4.41. The third kappa shape index (κ3) is 1.97. The molecule has 0 heterocycles. The van der Waals surface area contributed by atoms with Gasteiger partial charge in [0.25, 0.3) is 0 Å². The maximum absolute atomic E-state index is 12.1. The van der Waals surface area contributed by atoms with Gasteiger partial charge in [-0.15, -0.1) is 0 Å². The number of carboxylic acid groups (broad SMARTS) is 1. The number of fused-ring (bicyclic) bond motifs is 1. The fraction of sp³-hybridized carbons (Fsp3) is 0.429. The average molecular weight is 280 g/mol. The molecular formula is C14H16O6. The molecule has 0 unspecified atom stereocenters. The monoisotopic (exact) mass is 280 g/mol. The molecule has 2 rings (SSSR count). The number of carbonyl (C=O) groups excluding carboxylic acids is 1. The predicted octanol–water partition coefficient (Wildman–Crippen LogP) is 1.93. The molecule has 0 atom stereocenters. The second kappa shape index (κ2) is 5.40. The Morgan fingerprint density at radius 1 is 1.00 bits per heavy atom. The third-order valence-electron chi connectivity index (χ3n) is 3.40. The van der Waals surface area contributed by atoms with E-state index in [2.05, 4.69) is 0 Å². The summed E-state index contributed by atoms with van der Waals surface area (Å²) in [4.78, 5) is 23.7. The minimum atomic E-state index is -1.21. The van der Waals surface area contributed by atoms with Gasteiger partial charge >= 0.3 is 5.97 Å². The number of carbonyl (C=O) groups is 2. The van der Waals surface area contributed by atoms with Gasteiger partial charge in [-0.1, -0.05) is 0 Å². The van der Waals surface area contributed by atoms with Crippen LogP contribution in [0.3, 0.4) is 0 Å². The Morgan fingerprint density at radius 2 is 1.60 bits per heavy atom. The molecule has 0 bridgehead atoms. The van der Waals surface area contributed by atoms with E-state index in [0.29, 0.717) is 30.6 Å². The molecule has 0 radical (unpaired) electrons. The fourth-order valence-corrected chi connectivity index (χ4v) is 2.63. The van der Waals surface area contributed by atoms with E-state index in [9.17, 15) is 14.7 Å². The van der Waals surface area contributed by atoms with Crippen molar-refractivity contribution in [2.45, 2.75) is 19.3 Å². The zero-order valence-corrected chi connectivity index (χ0v) is 11.6. The van der Waals surface area contributed by atoms with Crippen molar-refractivity contribution in [3.8, 4) is 17.2 Å². The number of carboxylic acids is 1. The molecule has 0 fully saturated rings. The van der Waals surface area contributed by atoms with E-state index >= 15 is 0 Å². The van der Waals surface area contributed by atoms with E-state index in [0.717, 1.165) is 0 Å². The number of Topliss-reactive ketones (excluding diaryl/α,β-unsaturated/α-hetero) is 1. The topological polar surface area (TPSA) is 82.1 Å². The number of ether oxygens (including phenoxy) is 3. The average Bonchev–Trinajstić information content (AvgIpc) is 2.44. The van der Waals surface area contributed by atoms with Gasteiger partial charge in [0.1, 0.15) is 5.56 Å². The van der Waals surface area contributed by atoms with Crippen molar-refractivity contribution < 1.29 is 28.9 Å². The lowest BCUT2D eigenvalue weighted by molar-refractivity contribution is 0.0686. The second-order valence-corrected chi connectivity index (χ2v) is 4.41. The maximum atomic E-state index is 12.1. The predicted molar refractivity (Wildman–Crippen MR) is 70.3 cm³/mol. The highest BCUT2D eigenvalue weighted by Crippen LogP contribution is 2.47. The van der Waals surface area contributed by atoms with Crippen LogP contribution in [0.25, 0.3) is 0 Å². The number of aromatic carboxylic acids is 1. The molecule has 20 heavy (non-hydrogen) atoms. The van der Waals surface area contributed by atoms with Crippen LogP contribution in [0, 0.1) is 0 Å². The Labute approximate surface area is 116 Å². The standard InChI is InChI=1S/C14H16O6/c1-18-11-7-5-4-6-8(15)9(7)10(14(16)17)12(19-2)13(11)20-3/h4-6H2,1-3H3,(H,16,17). The molecule has 1 aliphatic carbocycles. The van der Waals surface area contributed by atoms with Crippen LogP contribution >= 0.6 is 0 Å². The third-order valence-corrected chi connectivity index (χ3v) is 3.40. The molecule has 1 N–H and O–H groups in total. The van der Waals surface area contributed by atoms with Gasteiger partial charge in [0, 0.05) is 17.5 Å². The molecule has 6 nitrogen and oxygen atoms in total. The maximum Gasteiger partial charge on any atom is 0.340 e. The van der Waals surface area contributed by atoms with Crippen LogP contribution in [-0.2, 0) is 6.42 Å². The zero-order chi connectivity index (χ0) is 14.9. The minimum Gasteiger partial charge on any atom is -0.492 e. The molecule has 0 aromatic heterocycles. The molecule has 1 aromatic rings. The minimum absolute atomic E-state index is 0.0193. The van der Waals surface area contributed by atoms with Crippen molar-refractivity contribution in [2.75, 3.05) is 21.3 Å². The lowest BCUT2D eigenvalue weighted by Crippen LogP contribution is -2.19. The molecule has 6 heteroatoms. The van der Waals surface area contributed by atoms with E-state index in [1.807, 2.05) is 0 Å². The molecule has 0 aliphatic heterocycles. The number of benzene rings is 1. The summed E-state index contributed by atoms with van der Waals surface area (Å²) in [5.74, 6) is -0.818. The number of rotatable bonds is 4. The van der Waals surface area contributed by atoms with Gasteiger partial charge < -0.3 is 19.3 Å². The van der Waals surface area contributed by atoms with Gasteiger partial charge in [-0.3, -0.25) is 4.79 Å². The summed E-state index contributed by atoms with van der Waals surface area (Å²) in [6, 6.07) is 0. The zero-order valence-electron chi connectivity index (χ0n) is 11.6. The van der Waals surface area contributed by atoms with Crippen LogP contribution in [0.5, 0.6) is 17.2 Å². The van der Waals surface area contributed by atoms with E-state index in [-0.39, 0.29) is 28.4 Å².